The Bertz CT molecular complexity index is 935. The summed E-state index contributed by atoms with van der Waals surface area (Å²) in [6, 6.07) is 14.6. The average Bonchev–Trinajstić information content (AvgIpc) is 3.23. The molecule has 4 rings (SSSR count). The molecule has 150 valence electrons. The lowest BCUT2D eigenvalue weighted by Crippen LogP contribution is -2.48. The molecule has 1 aliphatic heterocycles. The largest absolute Gasteiger partial charge is 0.486 e. The Morgan fingerprint density at radius 2 is 1.86 bits per heavy atom. The maximum atomic E-state index is 12.7. The smallest absolute Gasteiger partial charge is 0.289 e. The van der Waals surface area contributed by atoms with Crippen molar-refractivity contribution >= 4 is 17.5 Å². The average molecular weight is 412 g/mol. The van der Waals surface area contributed by atoms with E-state index in [2.05, 4.69) is 16.0 Å². The van der Waals surface area contributed by atoms with E-state index in [1.54, 1.807) is 42.6 Å². The molecular formula is C22H22ClN3O3. The third-order valence-electron chi connectivity index (χ3n) is 4.86. The Kier molecular flexibility index (Phi) is 6.12. The number of carbonyl (C=O) groups is 1. The molecule has 0 bridgehead atoms. The number of hydrogen-bond acceptors (Lipinski definition) is 5. The normalized spacial score (nSPS) is 14.7. The van der Waals surface area contributed by atoms with E-state index in [0.717, 1.165) is 19.6 Å². The third kappa shape index (κ3) is 5.16. The van der Waals surface area contributed by atoms with Gasteiger partial charge in [-0.3, -0.25) is 14.7 Å². The van der Waals surface area contributed by atoms with Gasteiger partial charge in [0.2, 0.25) is 0 Å². The number of furan rings is 1. The summed E-state index contributed by atoms with van der Waals surface area (Å²) < 4.78 is 11.4. The van der Waals surface area contributed by atoms with Crippen molar-refractivity contribution < 1.29 is 13.9 Å². The van der Waals surface area contributed by atoms with Crippen LogP contribution in [-0.4, -0.2) is 46.9 Å². The van der Waals surface area contributed by atoms with Gasteiger partial charge in [0.15, 0.2) is 5.76 Å². The maximum absolute atomic E-state index is 12.7. The van der Waals surface area contributed by atoms with E-state index in [9.17, 15) is 4.79 Å². The molecule has 6 nitrogen and oxygen atoms in total. The Hall–Kier alpha value is -2.83. The minimum absolute atomic E-state index is 0.0798. The minimum atomic E-state index is -0.0798. The summed E-state index contributed by atoms with van der Waals surface area (Å²) in [7, 11) is 0. The first kappa shape index (κ1) is 19.5. The summed E-state index contributed by atoms with van der Waals surface area (Å²) in [6.45, 7) is 4.12. The van der Waals surface area contributed by atoms with Gasteiger partial charge in [-0.05, 0) is 48.0 Å². The Labute approximate surface area is 174 Å². The van der Waals surface area contributed by atoms with Crippen LogP contribution in [0.3, 0.4) is 0 Å². The van der Waals surface area contributed by atoms with Crippen LogP contribution >= 0.6 is 11.6 Å². The van der Waals surface area contributed by atoms with Gasteiger partial charge < -0.3 is 14.1 Å². The number of amides is 1. The fourth-order valence-corrected chi connectivity index (χ4v) is 3.40. The van der Waals surface area contributed by atoms with Crippen LogP contribution in [0.1, 0.15) is 21.9 Å². The number of carbonyl (C=O) groups excluding carboxylic acids is 1. The van der Waals surface area contributed by atoms with Crippen molar-refractivity contribution in [1.29, 1.82) is 0 Å². The first-order valence-corrected chi connectivity index (χ1v) is 9.93. The number of ether oxygens (including phenoxy) is 1. The van der Waals surface area contributed by atoms with Crippen LogP contribution in [0.4, 0.5) is 0 Å². The molecular weight excluding hydrogens is 390 g/mol. The molecule has 2 aromatic heterocycles. The zero-order valence-corrected chi connectivity index (χ0v) is 16.7. The molecule has 29 heavy (non-hydrogen) atoms. The second-order valence-corrected chi connectivity index (χ2v) is 7.37. The molecule has 1 amide bonds. The van der Waals surface area contributed by atoms with Crippen molar-refractivity contribution in [1.82, 2.24) is 14.8 Å². The second-order valence-electron chi connectivity index (χ2n) is 6.94. The summed E-state index contributed by atoms with van der Waals surface area (Å²) in [5.41, 5.74) is 1.18. The van der Waals surface area contributed by atoms with Gasteiger partial charge in [0.25, 0.3) is 5.91 Å². The fraction of sp³-hybridized carbons (Fsp3) is 0.273. The van der Waals surface area contributed by atoms with Crippen molar-refractivity contribution in [3.05, 3.63) is 83.0 Å². The maximum Gasteiger partial charge on any atom is 0.289 e. The lowest BCUT2D eigenvalue weighted by atomic mass is 10.2. The molecule has 3 heterocycles. The highest BCUT2D eigenvalue weighted by atomic mass is 35.5. The van der Waals surface area contributed by atoms with Gasteiger partial charge in [-0.2, -0.15) is 0 Å². The molecule has 0 saturated carbocycles. The van der Waals surface area contributed by atoms with Crippen LogP contribution in [0.5, 0.6) is 5.75 Å². The quantitative estimate of drug-likeness (QED) is 0.616. The number of hydrogen-bond donors (Lipinski definition) is 0. The van der Waals surface area contributed by atoms with Crippen molar-refractivity contribution in [2.75, 3.05) is 26.2 Å². The van der Waals surface area contributed by atoms with Crippen LogP contribution in [-0.2, 0) is 13.2 Å². The molecule has 1 aromatic carbocycles. The number of nitrogens with zero attached hydrogens (tertiary/aromatic N) is 3. The summed E-state index contributed by atoms with van der Waals surface area (Å²) in [4.78, 5) is 21.1. The van der Waals surface area contributed by atoms with Crippen molar-refractivity contribution in [2.24, 2.45) is 0 Å². The minimum Gasteiger partial charge on any atom is -0.486 e. The number of aromatic nitrogens is 1. The number of piperazine rings is 1. The van der Waals surface area contributed by atoms with Gasteiger partial charge >= 0.3 is 0 Å². The summed E-state index contributed by atoms with van der Waals surface area (Å²) in [6.07, 6.45) is 3.66. The monoisotopic (exact) mass is 411 g/mol. The summed E-state index contributed by atoms with van der Waals surface area (Å²) >= 11 is 5.87. The first-order valence-electron chi connectivity index (χ1n) is 9.55. The van der Waals surface area contributed by atoms with Gasteiger partial charge in [-0.25, -0.2) is 0 Å². The van der Waals surface area contributed by atoms with Gasteiger partial charge in [-0.15, -0.1) is 0 Å². The molecule has 7 heteroatoms. The van der Waals surface area contributed by atoms with E-state index in [0.29, 0.717) is 35.4 Å². The van der Waals surface area contributed by atoms with E-state index in [-0.39, 0.29) is 12.5 Å². The van der Waals surface area contributed by atoms with E-state index in [1.807, 2.05) is 17.2 Å². The molecule has 0 atom stereocenters. The van der Waals surface area contributed by atoms with Gasteiger partial charge in [0.1, 0.15) is 18.1 Å². The fourth-order valence-electron chi connectivity index (χ4n) is 3.27. The van der Waals surface area contributed by atoms with E-state index in [1.165, 1.54) is 5.56 Å². The number of pyridine rings is 1. The Morgan fingerprint density at radius 1 is 1.07 bits per heavy atom. The summed E-state index contributed by atoms with van der Waals surface area (Å²) in [5, 5.41) is 0.656. The topological polar surface area (TPSA) is 58.8 Å². The zero-order chi connectivity index (χ0) is 20.1. The Balaban J connectivity index is 1.27. The van der Waals surface area contributed by atoms with Crippen LogP contribution in [0.15, 0.2) is 65.3 Å². The molecule has 0 unspecified atom stereocenters. The lowest BCUT2D eigenvalue weighted by Gasteiger charge is -2.34. The number of rotatable bonds is 6. The van der Waals surface area contributed by atoms with Crippen LogP contribution < -0.4 is 4.74 Å². The molecule has 0 radical (unpaired) electrons. The molecule has 0 N–H and O–H groups in total. The van der Waals surface area contributed by atoms with Crippen LogP contribution in [0.25, 0.3) is 0 Å². The highest BCUT2D eigenvalue weighted by Gasteiger charge is 2.24. The first-order chi connectivity index (χ1) is 14.2. The predicted octanol–water partition coefficient (Wildman–Crippen LogP) is 3.87. The molecule has 1 saturated heterocycles. The van der Waals surface area contributed by atoms with E-state index in [4.69, 9.17) is 20.8 Å². The third-order valence-corrected chi connectivity index (χ3v) is 5.11. The Morgan fingerprint density at radius 3 is 2.59 bits per heavy atom. The van der Waals surface area contributed by atoms with Crippen molar-refractivity contribution in [2.45, 2.75) is 13.2 Å². The van der Waals surface area contributed by atoms with Gasteiger partial charge in [0.05, 0.1) is 0 Å². The van der Waals surface area contributed by atoms with Crippen molar-refractivity contribution in [3.63, 3.8) is 0 Å². The lowest BCUT2D eigenvalue weighted by molar-refractivity contribution is 0.0594. The highest BCUT2D eigenvalue weighted by Crippen LogP contribution is 2.19. The molecule has 1 fully saturated rings. The standard InChI is InChI=1S/C22H22ClN3O3/c23-18-3-5-19(6-4-18)28-16-20-7-8-21(29-20)22(27)26-12-10-25(11-13-26)15-17-2-1-9-24-14-17/h1-9,14H,10-13,15-16H2. The van der Waals surface area contributed by atoms with Crippen LogP contribution in [0, 0.1) is 0 Å². The number of halogens is 1. The second kappa shape index (κ2) is 9.11. The van der Waals surface area contributed by atoms with E-state index < -0.39 is 0 Å². The van der Waals surface area contributed by atoms with Crippen molar-refractivity contribution in [3.8, 4) is 5.75 Å². The highest BCUT2D eigenvalue weighted by molar-refractivity contribution is 6.30. The van der Waals surface area contributed by atoms with Gasteiger partial charge in [-0.1, -0.05) is 17.7 Å². The molecule has 1 aliphatic rings. The number of benzene rings is 1. The van der Waals surface area contributed by atoms with Crippen LogP contribution in [0.2, 0.25) is 5.02 Å². The molecule has 0 spiro atoms. The SMILES string of the molecule is O=C(c1ccc(COc2ccc(Cl)cc2)o1)N1CCN(Cc2cccnc2)CC1. The zero-order valence-electron chi connectivity index (χ0n) is 16.0. The molecule has 3 aromatic rings. The van der Waals surface area contributed by atoms with Gasteiger partial charge in [0, 0.05) is 50.1 Å². The predicted molar refractivity (Wildman–Crippen MR) is 110 cm³/mol. The van der Waals surface area contributed by atoms with E-state index >= 15 is 0 Å². The summed E-state index contributed by atoms with van der Waals surface area (Å²) in [5.74, 6) is 1.58. The molecule has 0 aliphatic carbocycles.